The Morgan fingerprint density at radius 1 is 1.00 bits per heavy atom. The summed E-state index contributed by atoms with van der Waals surface area (Å²) in [6.07, 6.45) is 0. The molecule has 0 amide bonds. The Labute approximate surface area is 113 Å². The molecule has 0 heterocycles. The van der Waals surface area contributed by atoms with E-state index in [1.165, 1.54) is 12.1 Å². The number of ether oxygens (including phenoxy) is 2. The summed E-state index contributed by atoms with van der Waals surface area (Å²) in [5.74, 6) is 1.06. The Hall–Kier alpha value is -1.55. The maximum atomic E-state index is 13.5. The Kier molecular flexibility index (Phi) is 3.87. The molecule has 0 aliphatic heterocycles. The van der Waals surface area contributed by atoms with Gasteiger partial charge in [-0.05, 0) is 45.8 Å². The van der Waals surface area contributed by atoms with Gasteiger partial charge in [0, 0.05) is 5.56 Å². The van der Waals surface area contributed by atoms with Gasteiger partial charge in [-0.15, -0.1) is 0 Å². The minimum Gasteiger partial charge on any atom is -0.497 e. The normalized spacial score (nSPS) is 10.2. The minimum absolute atomic E-state index is 0.312. The van der Waals surface area contributed by atoms with Gasteiger partial charge in [-0.25, -0.2) is 4.39 Å². The van der Waals surface area contributed by atoms with Crippen LogP contribution >= 0.6 is 15.9 Å². The molecule has 2 rings (SSSR count). The standard InChI is InChI=1S/C14H12BrFO2/c1-17-11-5-3-9(4-6-11)12-7-10(16)8-13(15)14(12)18-2/h3-8H,1-2H3. The van der Waals surface area contributed by atoms with Crippen LogP contribution in [0.5, 0.6) is 11.5 Å². The zero-order valence-electron chi connectivity index (χ0n) is 10.0. The van der Waals surface area contributed by atoms with Crippen LogP contribution in [0.2, 0.25) is 0 Å². The smallest absolute Gasteiger partial charge is 0.141 e. The predicted octanol–water partition coefficient (Wildman–Crippen LogP) is 4.27. The largest absolute Gasteiger partial charge is 0.497 e. The van der Waals surface area contributed by atoms with E-state index >= 15 is 0 Å². The maximum Gasteiger partial charge on any atom is 0.141 e. The van der Waals surface area contributed by atoms with Crippen molar-refractivity contribution in [3.05, 3.63) is 46.7 Å². The topological polar surface area (TPSA) is 18.5 Å². The van der Waals surface area contributed by atoms with Gasteiger partial charge in [0.2, 0.25) is 0 Å². The quantitative estimate of drug-likeness (QED) is 0.842. The Balaban J connectivity index is 2.54. The van der Waals surface area contributed by atoms with Crippen molar-refractivity contribution < 1.29 is 13.9 Å². The number of rotatable bonds is 3. The van der Waals surface area contributed by atoms with Gasteiger partial charge in [0.25, 0.3) is 0 Å². The van der Waals surface area contributed by atoms with Crippen molar-refractivity contribution in [1.82, 2.24) is 0 Å². The molecule has 0 aliphatic carbocycles. The molecule has 0 bridgehead atoms. The number of hydrogen-bond acceptors (Lipinski definition) is 2. The Morgan fingerprint density at radius 3 is 2.22 bits per heavy atom. The molecule has 0 unspecified atom stereocenters. The third-order valence-electron chi connectivity index (χ3n) is 2.61. The first kappa shape index (κ1) is 12.9. The third kappa shape index (κ3) is 2.48. The van der Waals surface area contributed by atoms with Gasteiger partial charge in [-0.3, -0.25) is 0 Å². The van der Waals surface area contributed by atoms with Crippen LogP contribution in [0.1, 0.15) is 0 Å². The second kappa shape index (κ2) is 5.40. The first-order chi connectivity index (χ1) is 8.65. The van der Waals surface area contributed by atoms with Crippen LogP contribution in [0, 0.1) is 5.82 Å². The van der Waals surface area contributed by atoms with Gasteiger partial charge >= 0.3 is 0 Å². The van der Waals surface area contributed by atoms with E-state index < -0.39 is 0 Å². The van der Waals surface area contributed by atoms with Crippen LogP contribution in [-0.4, -0.2) is 14.2 Å². The van der Waals surface area contributed by atoms with Crippen LogP contribution < -0.4 is 9.47 Å². The van der Waals surface area contributed by atoms with Crippen molar-refractivity contribution in [3.8, 4) is 22.6 Å². The maximum absolute atomic E-state index is 13.5. The Bertz CT molecular complexity index is 552. The average Bonchev–Trinajstić information content (AvgIpc) is 2.38. The summed E-state index contributed by atoms with van der Waals surface area (Å²) in [7, 11) is 3.17. The molecule has 0 aliphatic rings. The predicted molar refractivity (Wildman–Crippen MR) is 72.6 cm³/mol. The van der Waals surface area contributed by atoms with Crippen LogP contribution in [0.3, 0.4) is 0 Å². The lowest BCUT2D eigenvalue weighted by atomic mass is 10.0. The fraction of sp³-hybridized carbons (Fsp3) is 0.143. The number of hydrogen-bond donors (Lipinski definition) is 0. The summed E-state index contributed by atoms with van der Waals surface area (Å²) in [4.78, 5) is 0. The van der Waals surface area contributed by atoms with Gasteiger partial charge in [0.15, 0.2) is 0 Å². The highest BCUT2D eigenvalue weighted by molar-refractivity contribution is 9.10. The number of halogens is 2. The molecule has 94 valence electrons. The number of methoxy groups -OCH3 is 2. The van der Waals surface area contributed by atoms with Gasteiger partial charge in [0.1, 0.15) is 17.3 Å². The second-order valence-corrected chi connectivity index (χ2v) is 4.55. The molecule has 0 N–H and O–H groups in total. The molecular weight excluding hydrogens is 299 g/mol. The van der Waals surface area contributed by atoms with Gasteiger partial charge < -0.3 is 9.47 Å². The molecule has 2 aromatic carbocycles. The molecular formula is C14H12BrFO2. The first-order valence-corrected chi connectivity index (χ1v) is 6.12. The molecule has 0 saturated heterocycles. The summed E-state index contributed by atoms with van der Waals surface area (Å²) in [5, 5.41) is 0. The van der Waals surface area contributed by atoms with E-state index in [2.05, 4.69) is 15.9 Å². The second-order valence-electron chi connectivity index (χ2n) is 3.70. The molecule has 0 radical (unpaired) electrons. The van der Waals surface area contributed by atoms with Crippen molar-refractivity contribution in [2.24, 2.45) is 0 Å². The van der Waals surface area contributed by atoms with Gasteiger partial charge in [-0.2, -0.15) is 0 Å². The highest BCUT2D eigenvalue weighted by Crippen LogP contribution is 2.37. The van der Waals surface area contributed by atoms with Crippen molar-refractivity contribution in [3.63, 3.8) is 0 Å². The van der Waals surface area contributed by atoms with E-state index in [0.29, 0.717) is 15.8 Å². The molecule has 0 aromatic heterocycles. The highest BCUT2D eigenvalue weighted by Gasteiger charge is 2.12. The monoisotopic (exact) mass is 310 g/mol. The number of benzene rings is 2. The summed E-state index contributed by atoms with van der Waals surface area (Å²) < 4.78 is 24.5. The van der Waals surface area contributed by atoms with Crippen molar-refractivity contribution in [2.45, 2.75) is 0 Å². The van der Waals surface area contributed by atoms with Crippen molar-refractivity contribution in [1.29, 1.82) is 0 Å². The van der Waals surface area contributed by atoms with Crippen molar-refractivity contribution in [2.75, 3.05) is 14.2 Å². The summed E-state index contributed by atoms with van der Waals surface area (Å²) >= 11 is 3.29. The van der Waals surface area contributed by atoms with E-state index in [9.17, 15) is 4.39 Å². The van der Waals surface area contributed by atoms with E-state index in [1.54, 1.807) is 14.2 Å². The molecule has 2 aromatic rings. The summed E-state index contributed by atoms with van der Waals surface area (Å²) in [5.41, 5.74) is 1.57. The molecule has 4 heteroatoms. The molecule has 0 atom stereocenters. The van der Waals surface area contributed by atoms with Crippen molar-refractivity contribution >= 4 is 15.9 Å². The molecule has 0 spiro atoms. The highest BCUT2D eigenvalue weighted by atomic mass is 79.9. The van der Waals surface area contributed by atoms with Gasteiger partial charge in [-0.1, -0.05) is 12.1 Å². The molecule has 0 saturated carbocycles. The average molecular weight is 311 g/mol. The fourth-order valence-corrected chi connectivity index (χ4v) is 2.35. The lowest BCUT2D eigenvalue weighted by Gasteiger charge is -2.11. The van der Waals surface area contributed by atoms with Crippen LogP contribution in [-0.2, 0) is 0 Å². The molecule has 2 nitrogen and oxygen atoms in total. The lowest BCUT2D eigenvalue weighted by molar-refractivity contribution is 0.412. The third-order valence-corrected chi connectivity index (χ3v) is 3.20. The van der Waals surface area contributed by atoms with E-state index in [0.717, 1.165) is 11.3 Å². The zero-order valence-corrected chi connectivity index (χ0v) is 11.6. The van der Waals surface area contributed by atoms with Crippen LogP contribution in [0.4, 0.5) is 4.39 Å². The van der Waals surface area contributed by atoms with Crippen LogP contribution in [0.25, 0.3) is 11.1 Å². The van der Waals surface area contributed by atoms with E-state index in [4.69, 9.17) is 9.47 Å². The fourth-order valence-electron chi connectivity index (χ4n) is 1.75. The van der Waals surface area contributed by atoms with E-state index in [-0.39, 0.29) is 5.82 Å². The minimum atomic E-state index is -0.312. The summed E-state index contributed by atoms with van der Waals surface area (Å²) in [6, 6.07) is 10.2. The SMILES string of the molecule is COc1ccc(-c2cc(F)cc(Br)c2OC)cc1. The van der Waals surface area contributed by atoms with E-state index in [1.807, 2.05) is 24.3 Å². The molecule has 18 heavy (non-hydrogen) atoms. The first-order valence-electron chi connectivity index (χ1n) is 5.33. The zero-order chi connectivity index (χ0) is 13.1. The Morgan fingerprint density at radius 2 is 1.67 bits per heavy atom. The van der Waals surface area contributed by atoms with Gasteiger partial charge in [0.05, 0.1) is 18.7 Å². The lowest BCUT2D eigenvalue weighted by Crippen LogP contribution is -1.91. The molecule has 0 fully saturated rings. The van der Waals surface area contributed by atoms with Crippen LogP contribution in [0.15, 0.2) is 40.9 Å². The summed E-state index contributed by atoms with van der Waals surface area (Å²) in [6.45, 7) is 0.